The summed E-state index contributed by atoms with van der Waals surface area (Å²) in [5.74, 6) is -0.0793. The molecule has 1 amide bonds. The van der Waals surface area contributed by atoms with Crippen molar-refractivity contribution < 1.29 is 4.79 Å². The Kier molecular flexibility index (Phi) is 4.54. The summed E-state index contributed by atoms with van der Waals surface area (Å²) in [6.07, 6.45) is 4.07. The Balaban J connectivity index is 1.40. The summed E-state index contributed by atoms with van der Waals surface area (Å²) < 4.78 is 2.06. The van der Waals surface area contributed by atoms with E-state index in [1.54, 1.807) is 6.33 Å². The molecule has 0 saturated heterocycles. The lowest BCUT2D eigenvalue weighted by Gasteiger charge is -2.10. The molecule has 8 heteroatoms. The van der Waals surface area contributed by atoms with Crippen LogP contribution in [0.15, 0.2) is 47.2 Å². The number of thioether (sulfide) groups is 1. The van der Waals surface area contributed by atoms with Crippen molar-refractivity contribution in [3.63, 3.8) is 0 Å². The van der Waals surface area contributed by atoms with Gasteiger partial charge in [0.1, 0.15) is 6.33 Å². The maximum atomic E-state index is 12.5. The van der Waals surface area contributed by atoms with Gasteiger partial charge in [0.05, 0.1) is 10.9 Å². The predicted octanol–water partition coefficient (Wildman–Crippen LogP) is 3.86. The zero-order valence-corrected chi connectivity index (χ0v) is 15.3. The quantitative estimate of drug-likeness (QED) is 0.666. The van der Waals surface area contributed by atoms with Crippen molar-refractivity contribution in [3.05, 3.63) is 42.0 Å². The van der Waals surface area contributed by atoms with Crippen LogP contribution in [0.1, 0.15) is 25.8 Å². The molecule has 1 aliphatic rings. The second kappa shape index (κ2) is 6.97. The highest BCUT2D eigenvalue weighted by Crippen LogP contribution is 2.38. The topological polar surface area (TPSA) is 72.7 Å². The summed E-state index contributed by atoms with van der Waals surface area (Å²) in [4.78, 5) is 17.0. The molecule has 2 aromatic heterocycles. The molecule has 2 heterocycles. The molecule has 0 aliphatic heterocycles. The van der Waals surface area contributed by atoms with E-state index in [0.29, 0.717) is 11.2 Å². The number of nitrogens with one attached hydrogen (secondary N) is 1. The number of hydrogen-bond donors (Lipinski definition) is 1. The van der Waals surface area contributed by atoms with Crippen molar-refractivity contribution in [2.45, 2.75) is 36.2 Å². The van der Waals surface area contributed by atoms with E-state index in [4.69, 9.17) is 0 Å². The van der Waals surface area contributed by atoms with Crippen LogP contribution in [0.4, 0.5) is 5.13 Å². The molecule has 1 aliphatic carbocycles. The average Bonchev–Trinajstić information content (AvgIpc) is 3.19. The minimum atomic E-state index is -0.272. The highest BCUT2D eigenvalue weighted by atomic mass is 32.2. The van der Waals surface area contributed by atoms with Crippen LogP contribution in [0.25, 0.3) is 11.3 Å². The highest BCUT2D eigenvalue weighted by molar-refractivity contribution is 8.00. The maximum absolute atomic E-state index is 12.5. The van der Waals surface area contributed by atoms with Gasteiger partial charge in [0, 0.05) is 17.0 Å². The van der Waals surface area contributed by atoms with Crippen LogP contribution in [0, 0.1) is 0 Å². The van der Waals surface area contributed by atoms with Crippen LogP contribution < -0.4 is 5.32 Å². The van der Waals surface area contributed by atoms with Gasteiger partial charge in [0.2, 0.25) is 5.91 Å². The van der Waals surface area contributed by atoms with Crippen molar-refractivity contribution in [3.8, 4) is 11.3 Å². The smallest absolute Gasteiger partial charge is 0.239 e. The number of thiazole rings is 1. The molecule has 4 rings (SSSR count). The number of anilines is 1. The molecular weight excluding hydrogens is 354 g/mol. The van der Waals surface area contributed by atoms with Crippen LogP contribution in [0.2, 0.25) is 0 Å². The standard InChI is InChI=1S/C17H17N5OS2/c1-11(25-17-21-18-10-22(17)13-7-8-13)15(23)20-16-19-14(9-24-16)12-5-3-2-4-6-12/h2-6,9-11,13H,7-8H2,1H3,(H,19,20,23). The zero-order chi connectivity index (χ0) is 17.2. The second-order valence-electron chi connectivity index (χ2n) is 5.91. The fourth-order valence-electron chi connectivity index (χ4n) is 2.41. The Labute approximate surface area is 153 Å². The van der Waals surface area contributed by atoms with Gasteiger partial charge in [-0.2, -0.15) is 0 Å². The summed E-state index contributed by atoms with van der Waals surface area (Å²) >= 11 is 2.86. The third-order valence-corrected chi connectivity index (χ3v) is 5.76. The van der Waals surface area contributed by atoms with Crippen molar-refractivity contribution in [1.82, 2.24) is 19.7 Å². The third-order valence-electron chi connectivity index (χ3n) is 3.94. The fraction of sp³-hybridized carbons (Fsp3) is 0.294. The molecule has 1 fully saturated rings. The summed E-state index contributed by atoms with van der Waals surface area (Å²) in [5, 5.41) is 14.1. The van der Waals surface area contributed by atoms with Crippen molar-refractivity contribution in [2.24, 2.45) is 0 Å². The van der Waals surface area contributed by atoms with Gasteiger partial charge in [-0.25, -0.2) is 4.98 Å². The van der Waals surface area contributed by atoms with Crippen LogP contribution in [-0.2, 0) is 4.79 Å². The lowest BCUT2D eigenvalue weighted by molar-refractivity contribution is -0.115. The second-order valence-corrected chi connectivity index (χ2v) is 8.07. The molecule has 1 unspecified atom stereocenters. The zero-order valence-electron chi connectivity index (χ0n) is 13.6. The predicted molar refractivity (Wildman–Crippen MR) is 99.8 cm³/mol. The Bertz CT molecular complexity index is 872. The first-order chi connectivity index (χ1) is 12.2. The lowest BCUT2D eigenvalue weighted by Crippen LogP contribution is -2.22. The number of benzene rings is 1. The van der Waals surface area contributed by atoms with E-state index < -0.39 is 0 Å². The summed E-state index contributed by atoms with van der Waals surface area (Å²) in [5.41, 5.74) is 1.91. The number of rotatable bonds is 6. The molecule has 0 radical (unpaired) electrons. The number of carbonyl (C=O) groups excluding carboxylic acids is 1. The molecule has 25 heavy (non-hydrogen) atoms. The number of nitrogens with zero attached hydrogens (tertiary/aromatic N) is 4. The Morgan fingerprint density at radius 2 is 2.16 bits per heavy atom. The summed E-state index contributed by atoms with van der Waals surface area (Å²) in [6, 6.07) is 10.4. The van der Waals surface area contributed by atoms with Crippen LogP contribution in [0.3, 0.4) is 0 Å². The van der Waals surface area contributed by atoms with E-state index in [1.807, 2.05) is 42.6 Å². The Morgan fingerprint density at radius 3 is 2.92 bits per heavy atom. The SMILES string of the molecule is CC(Sc1nncn1C1CC1)C(=O)Nc1nc(-c2ccccc2)cs1. The monoisotopic (exact) mass is 371 g/mol. The Hall–Kier alpha value is -2.19. The van der Waals surface area contributed by atoms with Gasteiger partial charge in [0.25, 0.3) is 0 Å². The summed E-state index contributed by atoms with van der Waals surface area (Å²) in [7, 11) is 0. The Morgan fingerprint density at radius 1 is 1.36 bits per heavy atom. The largest absolute Gasteiger partial charge is 0.306 e. The van der Waals surface area contributed by atoms with Gasteiger partial charge in [-0.05, 0) is 19.8 Å². The number of amides is 1. The first kappa shape index (κ1) is 16.3. The van der Waals surface area contributed by atoms with Gasteiger partial charge in [-0.3, -0.25) is 4.79 Å². The van der Waals surface area contributed by atoms with Gasteiger partial charge in [-0.1, -0.05) is 42.1 Å². The molecule has 128 valence electrons. The molecule has 6 nitrogen and oxygen atoms in total. The van der Waals surface area contributed by atoms with E-state index in [-0.39, 0.29) is 11.2 Å². The molecule has 1 N–H and O–H groups in total. The van der Waals surface area contributed by atoms with E-state index >= 15 is 0 Å². The van der Waals surface area contributed by atoms with E-state index in [9.17, 15) is 4.79 Å². The highest BCUT2D eigenvalue weighted by Gasteiger charge is 2.28. The van der Waals surface area contributed by atoms with E-state index in [0.717, 1.165) is 29.3 Å². The number of carbonyl (C=O) groups is 1. The molecule has 1 atom stereocenters. The van der Waals surface area contributed by atoms with Gasteiger partial charge in [0.15, 0.2) is 10.3 Å². The van der Waals surface area contributed by atoms with Crippen LogP contribution in [0.5, 0.6) is 0 Å². The van der Waals surface area contributed by atoms with E-state index in [1.165, 1.54) is 23.1 Å². The average molecular weight is 371 g/mol. The van der Waals surface area contributed by atoms with Crippen molar-refractivity contribution in [1.29, 1.82) is 0 Å². The van der Waals surface area contributed by atoms with Gasteiger partial charge in [-0.15, -0.1) is 21.5 Å². The lowest BCUT2D eigenvalue weighted by atomic mass is 10.2. The number of aromatic nitrogens is 4. The fourth-order valence-corrected chi connectivity index (χ4v) is 4.03. The third kappa shape index (κ3) is 3.74. The van der Waals surface area contributed by atoms with E-state index in [2.05, 4.69) is 25.1 Å². The van der Waals surface area contributed by atoms with Gasteiger partial charge >= 0.3 is 0 Å². The van der Waals surface area contributed by atoms with Crippen molar-refractivity contribution >= 4 is 34.1 Å². The van der Waals surface area contributed by atoms with Crippen LogP contribution in [-0.4, -0.2) is 30.9 Å². The molecule has 3 aromatic rings. The van der Waals surface area contributed by atoms with Gasteiger partial charge < -0.3 is 9.88 Å². The molecular formula is C17H17N5OS2. The first-order valence-electron chi connectivity index (χ1n) is 8.08. The first-order valence-corrected chi connectivity index (χ1v) is 9.84. The minimum Gasteiger partial charge on any atom is -0.306 e. The van der Waals surface area contributed by atoms with Crippen molar-refractivity contribution in [2.75, 3.05) is 5.32 Å². The molecule has 0 bridgehead atoms. The van der Waals surface area contributed by atoms with Crippen LogP contribution >= 0.6 is 23.1 Å². The molecule has 1 saturated carbocycles. The maximum Gasteiger partial charge on any atom is 0.239 e. The molecule has 1 aromatic carbocycles. The number of hydrogen-bond acceptors (Lipinski definition) is 6. The summed E-state index contributed by atoms with van der Waals surface area (Å²) in [6.45, 7) is 1.87. The normalized spacial score (nSPS) is 15.1. The molecule has 0 spiro atoms. The minimum absolute atomic E-state index is 0.0793.